The van der Waals surface area contributed by atoms with Crippen LogP contribution >= 0.6 is 11.3 Å². The lowest BCUT2D eigenvalue weighted by atomic mass is 10.2. The second-order valence-corrected chi connectivity index (χ2v) is 5.41. The molecule has 0 aliphatic carbocycles. The Kier molecular flexibility index (Phi) is 4.24. The minimum absolute atomic E-state index is 0.250. The first-order valence-corrected chi connectivity index (χ1v) is 6.75. The molecule has 2 rings (SSSR count). The molecule has 0 spiro atoms. The summed E-state index contributed by atoms with van der Waals surface area (Å²) in [5, 5.41) is 4.74. The topological polar surface area (TPSA) is 51.5 Å². The highest BCUT2D eigenvalue weighted by molar-refractivity contribution is 7.13. The zero-order valence-corrected chi connectivity index (χ0v) is 12.1. The molecule has 0 saturated carbocycles. The fraction of sp³-hybridized carbons (Fsp3) is 0.214. The van der Waals surface area contributed by atoms with Gasteiger partial charge >= 0.3 is 5.97 Å². The quantitative estimate of drug-likeness (QED) is 0.494. The summed E-state index contributed by atoms with van der Waals surface area (Å²) < 4.78 is 12.7. The molecule has 1 aromatic carbocycles. The fourth-order valence-electron chi connectivity index (χ4n) is 1.66. The molecular weight excluding hydrogens is 279 g/mol. The fourth-order valence-corrected chi connectivity index (χ4v) is 2.51. The number of hydrogen-bond donors (Lipinski definition) is 0. The molecular formula is C14H13FN2O2S. The lowest BCUT2D eigenvalue weighted by Crippen LogP contribution is -2.03. The van der Waals surface area contributed by atoms with Crippen molar-refractivity contribution in [3.05, 3.63) is 51.2 Å². The molecule has 1 aromatic heterocycles. The van der Waals surface area contributed by atoms with E-state index in [0.29, 0.717) is 5.71 Å². The van der Waals surface area contributed by atoms with Crippen LogP contribution in [-0.4, -0.2) is 16.7 Å². The predicted octanol–water partition coefficient (Wildman–Crippen LogP) is 3.48. The number of oxime groups is 1. The van der Waals surface area contributed by atoms with E-state index in [2.05, 4.69) is 10.1 Å². The third-order valence-electron chi connectivity index (χ3n) is 2.58. The van der Waals surface area contributed by atoms with E-state index in [4.69, 9.17) is 4.84 Å². The molecule has 0 bridgehead atoms. The van der Waals surface area contributed by atoms with Gasteiger partial charge in [0.2, 0.25) is 0 Å². The number of carbonyl (C=O) groups excluding carboxylic acids is 1. The van der Waals surface area contributed by atoms with Gasteiger partial charge in [-0.1, -0.05) is 5.16 Å². The molecule has 0 aliphatic heterocycles. The number of rotatable bonds is 3. The van der Waals surface area contributed by atoms with Crippen LogP contribution in [0.5, 0.6) is 0 Å². The van der Waals surface area contributed by atoms with Gasteiger partial charge in [0, 0.05) is 0 Å². The number of aryl methyl sites for hydroxylation is 2. The number of hydrogen-bond acceptors (Lipinski definition) is 5. The third-order valence-corrected chi connectivity index (χ3v) is 3.76. The summed E-state index contributed by atoms with van der Waals surface area (Å²) in [5.41, 5.74) is 1.69. The summed E-state index contributed by atoms with van der Waals surface area (Å²) in [7, 11) is 0. The van der Waals surface area contributed by atoms with Gasteiger partial charge in [-0.15, -0.1) is 11.3 Å². The van der Waals surface area contributed by atoms with Crippen LogP contribution < -0.4 is 0 Å². The molecule has 0 fully saturated rings. The molecule has 2 aromatic rings. The maximum atomic E-state index is 12.7. The molecule has 20 heavy (non-hydrogen) atoms. The Morgan fingerprint density at radius 3 is 2.50 bits per heavy atom. The lowest BCUT2D eigenvalue weighted by Gasteiger charge is -2.00. The zero-order chi connectivity index (χ0) is 14.7. The predicted molar refractivity (Wildman–Crippen MR) is 75.6 cm³/mol. The minimum atomic E-state index is -0.622. The summed E-state index contributed by atoms with van der Waals surface area (Å²) >= 11 is 1.49. The van der Waals surface area contributed by atoms with Crippen LogP contribution in [0, 0.1) is 19.7 Å². The zero-order valence-electron chi connectivity index (χ0n) is 11.3. The average Bonchev–Trinajstić information content (AvgIpc) is 2.75. The summed E-state index contributed by atoms with van der Waals surface area (Å²) in [4.78, 5) is 21.7. The van der Waals surface area contributed by atoms with E-state index in [0.717, 1.165) is 15.6 Å². The van der Waals surface area contributed by atoms with Crippen molar-refractivity contribution in [2.24, 2.45) is 5.16 Å². The van der Waals surface area contributed by atoms with Gasteiger partial charge in [0.15, 0.2) is 0 Å². The Morgan fingerprint density at radius 2 is 1.95 bits per heavy atom. The largest absolute Gasteiger partial charge is 0.365 e. The SMILES string of the molecule is CC(=NOC(=O)c1ccc(F)cc1)c1sc(C)nc1C. The first kappa shape index (κ1) is 14.3. The van der Waals surface area contributed by atoms with Gasteiger partial charge in [0.05, 0.1) is 26.9 Å². The molecule has 0 radical (unpaired) electrons. The van der Waals surface area contributed by atoms with E-state index >= 15 is 0 Å². The number of carbonyl (C=O) groups is 1. The minimum Gasteiger partial charge on any atom is -0.313 e. The van der Waals surface area contributed by atoms with E-state index in [1.807, 2.05) is 13.8 Å². The number of halogens is 1. The highest BCUT2D eigenvalue weighted by Crippen LogP contribution is 2.18. The van der Waals surface area contributed by atoms with Crippen molar-refractivity contribution in [3.8, 4) is 0 Å². The highest BCUT2D eigenvalue weighted by Gasteiger charge is 2.11. The summed E-state index contributed by atoms with van der Waals surface area (Å²) in [6.45, 7) is 5.52. The van der Waals surface area contributed by atoms with Gasteiger partial charge in [-0.2, -0.15) is 0 Å². The van der Waals surface area contributed by atoms with Crippen molar-refractivity contribution < 1.29 is 14.0 Å². The van der Waals surface area contributed by atoms with Crippen LogP contribution in [0.15, 0.2) is 29.4 Å². The van der Waals surface area contributed by atoms with Crippen molar-refractivity contribution in [2.45, 2.75) is 20.8 Å². The van der Waals surface area contributed by atoms with Gasteiger partial charge < -0.3 is 4.84 Å². The van der Waals surface area contributed by atoms with Gasteiger partial charge in [0.25, 0.3) is 0 Å². The van der Waals surface area contributed by atoms with Gasteiger partial charge in [-0.05, 0) is 45.0 Å². The molecule has 104 valence electrons. The average molecular weight is 292 g/mol. The van der Waals surface area contributed by atoms with Crippen molar-refractivity contribution in [1.82, 2.24) is 4.98 Å². The second kappa shape index (κ2) is 5.92. The summed E-state index contributed by atoms with van der Waals surface area (Å²) in [6.07, 6.45) is 0. The van der Waals surface area contributed by atoms with Crippen LogP contribution in [0.25, 0.3) is 0 Å². The third kappa shape index (κ3) is 3.27. The molecule has 0 unspecified atom stereocenters. The van der Waals surface area contributed by atoms with Crippen LogP contribution in [0.3, 0.4) is 0 Å². The van der Waals surface area contributed by atoms with Crippen LogP contribution in [-0.2, 0) is 4.84 Å². The molecule has 4 nitrogen and oxygen atoms in total. The first-order valence-electron chi connectivity index (χ1n) is 5.93. The standard InChI is InChI=1S/C14H13FN2O2S/c1-8-13(20-10(3)16-8)9(2)17-19-14(18)11-4-6-12(15)7-5-11/h4-7H,1-3H3. The van der Waals surface area contributed by atoms with E-state index in [1.165, 1.54) is 35.6 Å². The molecule has 0 saturated heterocycles. The number of benzene rings is 1. The lowest BCUT2D eigenvalue weighted by molar-refractivity contribution is 0.0516. The van der Waals surface area contributed by atoms with Gasteiger partial charge in [0.1, 0.15) is 5.82 Å². The summed E-state index contributed by atoms with van der Waals surface area (Å²) in [6, 6.07) is 5.10. The van der Waals surface area contributed by atoms with Crippen LogP contribution in [0.1, 0.15) is 32.9 Å². The maximum Gasteiger partial charge on any atom is 0.365 e. The molecule has 0 atom stereocenters. The van der Waals surface area contributed by atoms with E-state index < -0.39 is 11.8 Å². The number of aromatic nitrogens is 1. The van der Waals surface area contributed by atoms with Crippen LogP contribution in [0.4, 0.5) is 4.39 Å². The Bertz CT molecular complexity index is 662. The molecule has 6 heteroatoms. The molecule has 0 N–H and O–H groups in total. The van der Waals surface area contributed by atoms with Gasteiger partial charge in [-0.25, -0.2) is 14.2 Å². The molecule has 1 heterocycles. The first-order chi connectivity index (χ1) is 9.47. The number of thiazole rings is 1. The Morgan fingerprint density at radius 1 is 1.30 bits per heavy atom. The van der Waals surface area contributed by atoms with E-state index in [9.17, 15) is 9.18 Å². The smallest absolute Gasteiger partial charge is 0.313 e. The number of nitrogens with zero attached hydrogens (tertiary/aromatic N) is 2. The Balaban J connectivity index is 2.10. The van der Waals surface area contributed by atoms with Gasteiger partial charge in [-0.3, -0.25) is 0 Å². The second-order valence-electron chi connectivity index (χ2n) is 4.21. The van der Waals surface area contributed by atoms with Crippen molar-refractivity contribution in [3.63, 3.8) is 0 Å². The summed E-state index contributed by atoms with van der Waals surface area (Å²) in [5.74, 6) is -1.03. The maximum absolute atomic E-state index is 12.7. The Hall–Kier alpha value is -2.08. The molecule has 0 aliphatic rings. The highest BCUT2D eigenvalue weighted by atomic mass is 32.1. The van der Waals surface area contributed by atoms with Crippen molar-refractivity contribution in [1.29, 1.82) is 0 Å². The van der Waals surface area contributed by atoms with Crippen LogP contribution in [0.2, 0.25) is 0 Å². The Labute approximate surface area is 119 Å². The monoisotopic (exact) mass is 292 g/mol. The van der Waals surface area contributed by atoms with Crippen molar-refractivity contribution >= 4 is 23.0 Å². The van der Waals surface area contributed by atoms with E-state index in [1.54, 1.807) is 6.92 Å². The normalized spacial score (nSPS) is 11.5. The molecule has 0 amide bonds. The van der Waals surface area contributed by atoms with E-state index in [-0.39, 0.29) is 5.56 Å². The van der Waals surface area contributed by atoms with Crippen molar-refractivity contribution in [2.75, 3.05) is 0 Å².